The molecule has 8 heteroatoms. The minimum absolute atomic E-state index is 0.0993. The van der Waals surface area contributed by atoms with Crippen molar-refractivity contribution in [2.45, 2.75) is 5.37 Å². The Kier molecular flexibility index (Phi) is 4.09. The van der Waals surface area contributed by atoms with E-state index in [4.69, 9.17) is 4.55 Å². The molecular formula is C8H8N2O5S. The molecule has 0 spiro atoms. The van der Waals surface area contributed by atoms with Gasteiger partial charge < -0.3 is 9.87 Å². The number of nitrogens with one attached hydrogen (secondary N) is 1. The highest BCUT2D eigenvalue weighted by Crippen LogP contribution is 2.21. The van der Waals surface area contributed by atoms with E-state index < -0.39 is 21.4 Å². The highest BCUT2D eigenvalue weighted by atomic mass is 32.2. The standard InChI is InChI=1S/C8H8N2O5S/c11-5-9-7-3-1-6(2-4-7)8(10(12)13)16(14)15/h1-5,8H,(H,9,11)(H,14,15). The summed E-state index contributed by atoms with van der Waals surface area (Å²) in [5, 5.41) is 11.2. The first-order chi connectivity index (χ1) is 7.56. The van der Waals surface area contributed by atoms with Crippen molar-refractivity contribution in [1.82, 2.24) is 0 Å². The number of carbonyl (C=O) groups is 1. The Morgan fingerprint density at radius 1 is 1.44 bits per heavy atom. The van der Waals surface area contributed by atoms with Crippen LogP contribution in [0.2, 0.25) is 0 Å². The van der Waals surface area contributed by atoms with Gasteiger partial charge in [0.25, 0.3) is 0 Å². The van der Waals surface area contributed by atoms with Gasteiger partial charge in [0.05, 0.1) is 0 Å². The van der Waals surface area contributed by atoms with Crippen molar-refractivity contribution in [3.05, 3.63) is 39.9 Å². The van der Waals surface area contributed by atoms with Crippen LogP contribution in [0, 0.1) is 10.1 Å². The number of nitrogens with zero attached hydrogens (tertiary/aromatic N) is 1. The van der Waals surface area contributed by atoms with Crippen molar-refractivity contribution >= 4 is 23.2 Å². The van der Waals surface area contributed by atoms with Crippen molar-refractivity contribution in [2.75, 3.05) is 5.32 Å². The van der Waals surface area contributed by atoms with Crippen LogP contribution in [-0.2, 0) is 15.9 Å². The molecule has 86 valence electrons. The van der Waals surface area contributed by atoms with Crippen LogP contribution >= 0.6 is 0 Å². The second-order valence-corrected chi connectivity index (χ2v) is 3.80. The molecule has 0 heterocycles. The Morgan fingerprint density at radius 3 is 2.38 bits per heavy atom. The molecule has 0 saturated heterocycles. The molecule has 0 aromatic heterocycles. The Balaban J connectivity index is 2.98. The molecule has 0 aliphatic carbocycles. The number of amides is 1. The molecule has 1 amide bonds. The number of hydrogen-bond acceptors (Lipinski definition) is 4. The molecule has 2 N–H and O–H groups in total. The van der Waals surface area contributed by atoms with E-state index in [0.717, 1.165) is 0 Å². The minimum atomic E-state index is -2.58. The molecule has 2 atom stereocenters. The van der Waals surface area contributed by atoms with Crippen molar-refractivity contribution in [2.24, 2.45) is 0 Å². The highest BCUT2D eigenvalue weighted by molar-refractivity contribution is 7.79. The number of anilines is 1. The topological polar surface area (TPSA) is 110 Å². The minimum Gasteiger partial charge on any atom is -0.329 e. The lowest BCUT2D eigenvalue weighted by molar-refractivity contribution is -0.502. The molecule has 0 saturated carbocycles. The average Bonchev–Trinajstić information content (AvgIpc) is 2.20. The average molecular weight is 244 g/mol. The smallest absolute Gasteiger partial charge is 0.329 e. The normalized spacial score (nSPS) is 13.8. The number of benzene rings is 1. The van der Waals surface area contributed by atoms with E-state index in [1.54, 1.807) is 0 Å². The van der Waals surface area contributed by atoms with E-state index in [0.29, 0.717) is 12.1 Å². The molecule has 1 rings (SSSR count). The van der Waals surface area contributed by atoms with Gasteiger partial charge in [0, 0.05) is 16.2 Å². The first-order valence-corrected chi connectivity index (χ1v) is 5.26. The summed E-state index contributed by atoms with van der Waals surface area (Å²) in [5.74, 6) is 0. The summed E-state index contributed by atoms with van der Waals surface area (Å²) >= 11 is -2.58. The van der Waals surface area contributed by atoms with E-state index in [9.17, 15) is 19.1 Å². The van der Waals surface area contributed by atoms with Crippen molar-refractivity contribution in [3.8, 4) is 0 Å². The lowest BCUT2D eigenvalue weighted by atomic mass is 10.2. The summed E-state index contributed by atoms with van der Waals surface area (Å²) in [6.45, 7) is 0. The molecule has 0 aliphatic heterocycles. The first-order valence-electron chi connectivity index (χ1n) is 4.09. The zero-order valence-corrected chi connectivity index (χ0v) is 8.72. The van der Waals surface area contributed by atoms with Gasteiger partial charge >= 0.3 is 5.37 Å². The van der Waals surface area contributed by atoms with Gasteiger partial charge in [0.15, 0.2) is 0 Å². The Bertz CT molecular complexity index is 405. The summed E-state index contributed by atoms with van der Waals surface area (Å²) in [6.07, 6.45) is 0.462. The molecule has 0 radical (unpaired) electrons. The summed E-state index contributed by atoms with van der Waals surface area (Å²) < 4.78 is 19.5. The third-order valence-corrected chi connectivity index (χ3v) is 2.63. The van der Waals surface area contributed by atoms with E-state index in [1.807, 2.05) is 0 Å². The lowest BCUT2D eigenvalue weighted by Crippen LogP contribution is -2.15. The summed E-state index contributed by atoms with van der Waals surface area (Å²) in [6, 6.07) is 5.45. The van der Waals surface area contributed by atoms with Crippen molar-refractivity contribution in [3.63, 3.8) is 0 Å². The predicted octanol–water partition coefficient (Wildman–Crippen LogP) is 0.752. The molecule has 16 heavy (non-hydrogen) atoms. The van der Waals surface area contributed by atoms with E-state index >= 15 is 0 Å². The zero-order valence-electron chi connectivity index (χ0n) is 7.90. The summed E-state index contributed by atoms with van der Waals surface area (Å²) in [5.41, 5.74) is 0.548. The summed E-state index contributed by atoms with van der Waals surface area (Å²) in [7, 11) is 0. The largest absolute Gasteiger partial charge is 0.335 e. The molecule has 7 nitrogen and oxygen atoms in total. The maximum atomic E-state index is 10.7. The molecular weight excluding hydrogens is 236 g/mol. The zero-order chi connectivity index (χ0) is 12.1. The van der Waals surface area contributed by atoms with Gasteiger partial charge in [-0.1, -0.05) is 0 Å². The Morgan fingerprint density at radius 2 is 2.00 bits per heavy atom. The fourth-order valence-corrected chi connectivity index (χ4v) is 1.66. The fourth-order valence-electron chi connectivity index (χ4n) is 1.12. The van der Waals surface area contributed by atoms with Crippen LogP contribution in [0.15, 0.2) is 24.3 Å². The maximum absolute atomic E-state index is 10.7. The Hall–Kier alpha value is -1.80. The molecule has 0 fully saturated rings. The van der Waals surface area contributed by atoms with Crippen LogP contribution in [0.4, 0.5) is 5.69 Å². The lowest BCUT2D eigenvalue weighted by Gasteiger charge is -2.06. The van der Waals surface area contributed by atoms with E-state index in [1.165, 1.54) is 24.3 Å². The van der Waals surface area contributed by atoms with Gasteiger partial charge in [0.1, 0.15) is 0 Å². The second kappa shape index (κ2) is 5.33. The molecule has 2 unspecified atom stereocenters. The van der Waals surface area contributed by atoms with Crippen LogP contribution in [-0.4, -0.2) is 20.1 Å². The highest BCUT2D eigenvalue weighted by Gasteiger charge is 2.29. The van der Waals surface area contributed by atoms with Gasteiger partial charge in [-0.05, 0) is 24.3 Å². The van der Waals surface area contributed by atoms with Gasteiger partial charge in [-0.2, -0.15) is 0 Å². The third-order valence-electron chi connectivity index (χ3n) is 1.80. The SMILES string of the molecule is O=CNc1ccc(C([N+](=O)[O-])S(=O)O)cc1. The van der Waals surface area contributed by atoms with E-state index in [2.05, 4.69) is 5.32 Å². The van der Waals surface area contributed by atoms with Gasteiger partial charge in [0.2, 0.25) is 17.5 Å². The fraction of sp³-hybridized carbons (Fsp3) is 0.125. The van der Waals surface area contributed by atoms with Crippen molar-refractivity contribution in [1.29, 1.82) is 0 Å². The number of hydrogen-bond donors (Lipinski definition) is 2. The monoisotopic (exact) mass is 244 g/mol. The van der Waals surface area contributed by atoms with Crippen LogP contribution in [0.1, 0.15) is 10.9 Å². The number of rotatable bonds is 5. The van der Waals surface area contributed by atoms with Crippen LogP contribution < -0.4 is 5.32 Å². The Labute approximate surface area is 92.9 Å². The maximum Gasteiger partial charge on any atom is 0.335 e. The number of nitro groups is 1. The number of carbonyl (C=O) groups excluding carboxylic acids is 1. The van der Waals surface area contributed by atoms with Gasteiger partial charge in [-0.15, -0.1) is 0 Å². The summed E-state index contributed by atoms with van der Waals surface area (Å²) in [4.78, 5) is 19.8. The van der Waals surface area contributed by atoms with Gasteiger partial charge in [-0.25, -0.2) is 4.21 Å². The quantitative estimate of drug-likeness (QED) is 0.344. The van der Waals surface area contributed by atoms with E-state index in [-0.39, 0.29) is 5.56 Å². The predicted molar refractivity (Wildman–Crippen MR) is 56.6 cm³/mol. The van der Waals surface area contributed by atoms with Gasteiger partial charge in [-0.3, -0.25) is 14.9 Å². The van der Waals surface area contributed by atoms with Crippen molar-refractivity contribution < 1.29 is 18.5 Å². The molecule has 0 aliphatic rings. The molecule has 0 bridgehead atoms. The van der Waals surface area contributed by atoms with Crippen LogP contribution in [0.5, 0.6) is 0 Å². The van der Waals surface area contributed by atoms with Crippen LogP contribution in [0.3, 0.4) is 0 Å². The second-order valence-electron chi connectivity index (χ2n) is 2.80. The molecule has 1 aromatic rings. The van der Waals surface area contributed by atoms with Crippen LogP contribution in [0.25, 0.3) is 0 Å². The third kappa shape index (κ3) is 2.84. The first kappa shape index (κ1) is 12.3. The molecule has 1 aromatic carbocycles.